The van der Waals surface area contributed by atoms with Crippen molar-refractivity contribution in [2.24, 2.45) is 0 Å². The molecule has 88 valence electrons. The summed E-state index contributed by atoms with van der Waals surface area (Å²) < 4.78 is 2.04. The molecule has 0 unspecified atom stereocenters. The molecule has 0 atom stereocenters. The standard InChI is InChI=1S/C10H10Cl2N5/c11-8-14-9(12)16-10(15-8)13-4-7-17-5-2-1-3-6-17/h1-3,5-6H,4,7H2,(H,13,14,15,16)/q+1. The average Bonchev–Trinajstić information content (AvgIpc) is 2.29. The Kier molecular flexibility index (Phi) is 4.06. The molecule has 5 nitrogen and oxygen atoms in total. The van der Waals surface area contributed by atoms with Gasteiger partial charge in [0.25, 0.3) is 0 Å². The highest BCUT2D eigenvalue weighted by Crippen LogP contribution is 2.08. The molecule has 2 aromatic rings. The van der Waals surface area contributed by atoms with E-state index in [9.17, 15) is 0 Å². The fourth-order valence-corrected chi connectivity index (χ4v) is 1.65. The van der Waals surface area contributed by atoms with Crippen molar-refractivity contribution in [3.63, 3.8) is 0 Å². The highest BCUT2D eigenvalue weighted by molar-refractivity contribution is 6.31. The summed E-state index contributed by atoms with van der Waals surface area (Å²) in [4.78, 5) is 11.5. The number of hydrogen-bond donors (Lipinski definition) is 1. The Labute approximate surface area is 108 Å². The van der Waals surface area contributed by atoms with Gasteiger partial charge in [-0.1, -0.05) is 6.07 Å². The van der Waals surface area contributed by atoms with Crippen LogP contribution in [-0.2, 0) is 6.54 Å². The van der Waals surface area contributed by atoms with Crippen LogP contribution in [-0.4, -0.2) is 21.5 Å². The van der Waals surface area contributed by atoms with Gasteiger partial charge in [-0.2, -0.15) is 15.0 Å². The number of anilines is 1. The third-order valence-electron chi connectivity index (χ3n) is 2.01. The minimum Gasteiger partial charge on any atom is -0.348 e. The lowest BCUT2D eigenvalue weighted by Crippen LogP contribution is -2.36. The zero-order valence-electron chi connectivity index (χ0n) is 8.85. The SMILES string of the molecule is Clc1nc(Cl)nc(NCC[n+]2ccccc2)n1. The summed E-state index contributed by atoms with van der Waals surface area (Å²) in [6.45, 7) is 1.47. The second-order valence-electron chi connectivity index (χ2n) is 3.24. The van der Waals surface area contributed by atoms with Crippen LogP contribution in [0.1, 0.15) is 0 Å². The van der Waals surface area contributed by atoms with E-state index < -0.39 is 0 Å². The van der Waals surface area contributed by atoms with Crippen molar-refractivity contribution in [3.05, 3.63) is 41.2 Å². The van der Waals surface area contributed by atoms with Gasteiger partial charge in [-0.15, -0.1) is 0 Å². The summed E-state index contributed by atoms with van der Waals surface area (Å²) in [7, 11) is 0. The third-order valence-corrected chi connectivity index (χ3v) is 2.35. The third kappa shape index (κ3) is 3.80. The second-order valence-corrected chi connectivity index (χ2v) is 3.91. The highest BCUT2D eigenvalue weighted by Gasteiger charge is 2.03. The maximum Gasteiger partial charge on any atom is 0.228 e. The molecular formula is C10H10Cl2N5+. The number of hydrogen-bond acceptors (Lipinski definition) is 4. The molecule has 2 heterocycles. The lowest BCUT2D eigenvalue weighted by molar-refractivity contribution is -0.694. The molecule has 0 bridgehead atoms. The van der Waals surface area contributed by atoms with Gasteiger partial charge >= 0.3 is 0 Å². The van der Waals surface area contributed by atoms with Gasteiger partial charge in [0.15, 0.2) is 18.9 Å². The molecule has 2 aromatic heterocycles. The van der Waals surface area contributed by atoms with E-state index in [1.54, 1.807) is 0 Å². The quantitative estimate of drug-likeness (QED) is 0.858. The maximum atomic E-state index is 5.65. The Morgan fingerprint density at radius 3 is 2.29 bits per heavy atom. The minimum atomic E-state index is 0.0832. The normalized spacial score (nSPS) is 10.2. The first-order valence-corrected chi connectivity index (χ1v) is 5.75. The molecule has 0 saturated carbocycles. The van der Waals surface area contributed by atoms with E-state index in [4.69, 9.17) is 23.2 Å². The number of pyridine rings is 1. The second kappa shape index (κ2) is 5.75. The Hall–Kier alpha value is -1.46. The molecule has 0 aromatic carbocycles. The molecule has 0 radical (unpaired) electrons. The summed E-state index contributed by atoms with van der Waals surface area (Å²) in [6.07, 6.45) is 3.96. The van der Waals surface area contributed by atoms with Crippen LogP contribution in [0.25, 0.3) is 0 Å². The zero-order chi connectivity index (χ0) is 12.1. The largest absolute Gasteiger partial charge is 0.348 e. The van der Waals surface area contributed by atoms with E-state index in [2.05, 4.69) is 20.3 Å². The summed E-state index contributed by atoms with van der Waals surface area (Å²) in [5.74, 6) is 0.381. The van der Waals surface area contributed by atoms with Gasteiger partial charge in [0.05, 0.1) is 6.54 Å². The van der Waals surface area contributed by atoms with Crippen LogP contribution in [0.5, 0.6) is 0 Å². The smallest absolute Gasteiger partial charge is 0.228 e. The first-order chi connectivity index (χ1) is 8.24. The number of rotatable bonds is 4. The Morgan fingerprint density at radius 2 is 1.65 bits per heavy atom. The lowest BCUT2D eigenvalue weighted by atomic mass is 10.5. The van der Waals surface area contributed by atoms with Crippen LogP contribution < -0.4 is 9.88 Å². The summed E-state index contributed by atoms with van der Waals surface area (Å²) >= 11 is 11.3. The Morgan fingerprint density at radius 1 is 1.00 bits per heavy atom. The van der Waals surface area contributed by atoms with Crippen molar-refractivity contribution in [1.82, 2.24) is 15.0 Å². The molecule has 2 rings (SSSR count). The van der Waals surface area contributed by atoms with Gasteiger partial charge in [0, 0.05) is 12.1 Å². The molecule has 0 aliphatic carbocycles. The lowest BCUT2D eigenvalue weighted by Gasteiger charge is -2.02. The predicted molar refractivity (Wildman–Crippen MR) is 65.0 cm³/mol. The van der Waals surface area contributed by atoms with Crippen molar-refractivity contribution in [2.45, 2.75) is 6.54 Å². The average molecular weight is 271 g/mol. The Bertz CT molecular complexity index is 471. The van der Waals surface area contributed by atoms with Crippen molar-refractivity contribution < 1.29 is 4.57 Å². The maximum absolute atomic E-state index is 5.65. The fraction of sp³-hybridized carbons (Fsp3) is 0.200. The Balaban J connectivity index is 1.90. The monoisotopic (exact) mass is 270 g/mol. The van der Waals surface area contributed by atoms with Crippen LogP contribution >= 0.6 is 23.2 Å². The van der Waals surface area contributed by atoms with E-state index in [-0.39, 0.29) is 10.6 Å². The molecule has 0 fully saturated rings. The molecule has 0 spiro atoms. The topological polar surface area (TPSA) is 54.6 Å². The van der Waals surface area contributed by atoms with Crippen molar-refractivity contribution in [2.75, 3.05) is 11.9 Å². The molecule has 0 aliphatic heterocycles. The van der Waals surface area contributed by atoms with Crippen LogP contribution in [0.3, 0.4) is 0 Å². The summed E-state index contributed by atoms with van der Waals surface area (Å²) in [5.41, 5.74) is 0. The van der Waals surface area contributed by atoms with Crippen molar-refractivity contribution in [3.8, 4) is 0 Å². The molecule has 0 aliphatic rings. The van der Waals surface area contributed by atoms with Crippen LogP contribution in [0.15, 0.2) is 30.6 Å². The summed E-state index contributed by atoms with van der Waals surface area (Å²) in [6, 6.07) is 5.91. The van der Waals surface area contributed by atoms with E-state index in [1.165, 1.54) is 0 Å². The van der Waals surface area contributed by atoms with E-state index >= 15 is 0 Å². The number of nitrogens with one attached hydrogen (secondary N) is 1. The van der Waals surface area contributed by atoms with Gasteiger partial charge in [0.1, 0.15) is 0 Å². The predicted octanol–water partition coefficient (Wildman–Crippen LogP) is 1.58. The first kappa shape index (κ1) is 12.0. The minimum absolute atomic E-state index is 0.0832. The van der Waals surface area contributed by atoms with Crippen molar-refractivity contribution >= 4 is 29.2 Å². The van der Waals surface area contributed by atoms with Crippen LogP contribution in [0, 0.1) is 0 Å². The molecule has 0 amide bonds. The summed E-state index contributed by atoms with van der Waals surface area (Å²) in [5, 5.41) is 3.19. The van der Waals surface area contributed by atoms with Gasteiger partial charge in [-0.3, -0.25) is 0 Å². The first-order valence-electron chi connectivity index (χ1n) is 4.99. The van der Waals surface area contributed by atoms with E-state index in [0.29, 0.717) is 12.5 Å². The number of aromatic nitrogens is 4. The number of nitrogens with zero attached hydrogens (tertiary/aromatic N) is 4. The molecule has 7 heteroatoms. The highest BCUT2D eigenvalue weighted by atomic mass is 35.5. The zero-order valence-corrected chi connectivity index (χ0v) is 10.4. The fourth-order valence-electron chi connectivity index (χ4n) is 1.29. The van der Waals surface area contributed by atoms with Gasteiger partial charge in [-0.05, 0) is 23.2 Å². The van der Waals surface area contributed by atoms with Gasteiger partial charge < -0.3 is 5.32 Å². The van der Waals surface area contributed by atoms with Crippen LogP contribution in [0.4, 0.5) is 5.95 Å². The van der Waals surface area contributed by atoms with E-state index in [0.717, 1.165) is 6.54 Å². The van der Waals surface area contributed by atoms with Crippen LogP contribution in [0.2, 0.25) is 10.6 Å². The molecular weight excluding hydrogens is 261 g/mol. The number of halogens is 2. The van der Waals surface area contributed by atoms with E-state index in [1.807, 2.05) is 35.2 Å². The molecule has 17 heavy (non-hydrogen) atoms. The van der Waals surface area contributed by atoms with Crippen molar-refractivity contribution in [1.29, 1.82) is 0 Å². The van der Waals surface area contributed by atoms with Gasteiger partial charge in [-0.25, -0.2) is 4.57 Å². The molecule has 0 saturated heterocycles. The van der Waals surface area contributed by atoms with Gasteiger partial charge in [0.2, 0.25) is 16.5 Å². The molecule has 1 N–H and O–H groups in total.